The fourth-order valence-electron chi connectivity index (χ4n) is 4.01. The number of aryl methyl sites for hydroxylation is 2. The van der Waals surface area contributed by atoms with Crippen molar-refractivity contribution in [1.29, 1.82) is 0 Å². The highest BCUT2D eigenvalue weighted by atomic mass is 35.5. The van der Waals surface area contributed by atoms with Gasteiger partial charge in [-0.05, 0) is 56.2 Å². The Bertz CT molecular complexity index is 1370. The average molecular weight is 515 g/mol. The van der Waals surface area contributed by atoms with Crippen LogP contribution in [0.4, 0.5) is 5.95 Å². The highest BCUT2D eigenvalue weighted by Crippen LogP contribution is 2.25. The number of benzene rings is 3. The minimum Gasteiger partial charge on any atom is -0.329 e. The Morgan fingerprint density at radius 2 is 1.51 bits per heavy atom. The molecule has 0 aliphatic heterocycles. The molecule has 190 valence electrons. The molecular formula is C30H31ClN4O2. The maximum atomic E-state index is 13.2. The van der Waals surface area contributed by atoms with Gasteiger partial charge in [-0.2, -0.15) is 0 Å². The largest absolute Gasteiger partial charge is 0.329 e. The van der Waals surface area contributed by atoms with Crippen molar-refractivity contribution in [1.82, 2.24) is 14.5 Å². The van der Waals surface area contributed by atoms with E-state index in [0.29, 0.717) is 23.1 Å². The monoisotopic (exact) mass is 514 g/mol. The molecule has 0 spiro atoms. The summed E-state index contributed by atoms with van der Waals surface area (Å²) in [5.74, 6) is 0.0414. The molecule has 0 fully saturated rings. The van der Waals surface area contributed by atoms with Gasteiger partial charge in [0.15, 0.2) is 0 Å². The van der Waals surface area contributed by atoms with E-state index in [1.54, 1.807) is 29.2 Å². The molecule has 1 heterocycles. The lowest BCUT2D eigenvalue weighted by molar-refractivity contribution is -0.117. The summed E-state index contributed by atoms with van der Waals surface area (Å²) in [4.78, 5) is 32.7. The van der Waals surface area contributed by atoms with Crippen molar-refractivity contribution in [3.05, 3.63) is 101 Å². The summed E-state index contributed by atoms with van der Waals surface area (Å²) in [6.45, 7) is 8.43. The van der Waals surface area contributed by atoms with Gasteiger partial charge in [0.1, 0.15) is 6.54 Å². The topological polar surface area (TPSA) is 67.2 Å². The quantitative estimate of drug-likeness (QED) is 0.290. The number of carbonyl (C=O) groups is 2. The van der Waals surface area contributed by atoms with Crippen LogP contribution in [0, 0.1) is 19.8 Å². The smallest absolute Gasteiger partial charge is 0.254 e. The summed E-state index contributed by atoms with van der Waals surface area (Å²) in [5.41, 5.74) is 5.35. The van der Waals surface area contributed by atoms with Gasteiger partial charge < -0.3 is 4.90 Å². The molecule has 4 aromatic rings. The van der Waals surface area contributed by atoms with Gasteiger partial charge in [-0.1, -0.05) is 73.0 Å². The van der Waals surface area contributed by atoms with E-state index >= 15 is 0 Å². The molecule has 0 saturated carbocycles. The first-order valence-corrected chi connectivity index (χ1v) is 12.7. The molecule has 4 rings (SSSR count). The molecule has 2 amide bonds. The lowest BCUT2D eigenvalue weighted by atomic mass is 10.1. The number of aromatic nitrogens is 2. The number of nitrogens with one attached hydrogen (secondary N) is 1. The first-order chi connectivity index (χ1) is 17.7. The van der Waals surface area contributed by atoms with E-state index < -0.39 is 0 Å². The molecule has 0 saturated heterocycles. The van der Waals surface area contributed by atoms with Gasteiger partial charge in [0, 0.05) is 34.6 Å². The van der Waals surface area contributed by atoms with Gasteiger partial charge >= 0.3 is 0 Å². The molecule has 3 aromatic carbocycles. The van der Waals surface area contributed by atoms with Crippen LogP contribution < -0.4 is 5.32 Å². The molecular weight excluding hydrogens is 484 g/mol. The van der Waals surface area contributed by atoms with E-state index in [4.69, 9.17) is 16.6 Å². The molecule has 0 radical (unpaired) electrons. The van der Waals surface area contributed by atoms with Crippen molar-refractivity contribution in [2.45, 2.75) is 27.7 Å². The summed E-state index contributed by atoms with van der Waals surface area (Å²) in [6.07, 6.45) is 1.91. The molecule has 0 atom stereocenters. The van der Waals surface area contributed by atoms with Crippen LogP contribution in [0.5, 0.6) is 0 Å². The van der Waals surface area contributed by atoms with Crippen LogP contribution in [0.1, 0.15) is 35.3 Å². The number of rotatable bonds is 8. The van der Waals surface area contributed by atoms with Crippen LogP contribution in [0.15, 0.2) is 79.0 Å². The number of nitrogens with zero attached hydrogens (tertiary/aromatic N) is 3. The Labute approximate surface area is 222 Å². The summed E-state index contributed by atoms with van der Waals surface area (Å²) in [6, 6.07) is 22.8. The summed E-state index contributed by atoms with van der Waals surface area (Å²) in [7, 11) is 0. The first-order valence-electron chi connectivity index (χ1n) is 12.3. The van der Waals surface area contributed by atoms with Gasteiger partial charge in [-0.15, -0.1) is 0 Å². The summed E-state index contributed by atoms with van der Waals surface area (Å²) < 4.78 is 1.86. The van der Waals surface area contributed by atoms with Crippen LogP contribution in [0.2, 0.25) is 5.02 Å². The van der Waals surface area contributed by atoms with E-state index in [2.05, 4.69) is 5.32 Å². The second kappa shape index (κ2) is 11.4. The predicted molar refractivity (Wildman–Crippen MR) is 149 cm³/mol. The zero-order chi connectivity index (χ0) is 26.5. The number of carbonyl (C=O) groups excluding carboxylic acids is 2. The molecule has 7 heteroatoms. The van der Waals surface area contributed by atoms with Crippen LogP contribution in [-0.4, -0.2) is 39.4 Å². The lowest BCUT2D eigenvalue weighted by Gasteiger charge is -2.24. The van der Waals surface area contributed by atoms with Crippen LogP contribution in [0.3, 0.4) is 0 Å². The van der Waals surface area contributed by atoms with Crippen LogP contribution in [0.25, 0.3) is 16.9 Å². The maximum Gasteiger partial charge on any atom is 0.254 e. The molecule has 0 bridgehead atoms. The van der Waals surface area contributed by atoms with Crippen molar-refractivity contribution in [3.8, 4) is 16.9 Å². The van der Waals surface area contributed by atoms with E-state index in [9.17, 15) is 9.59 Å². The van der Waals surface area contributed by atoms with Crippen molar-refractivity contribution in [2.75, 3.05) is 18.4 Å². The second-order valence-corrected chi connectivity index (χ2v) is 10.1. The Balaban J connectivity index is 1.61. The number of hydrogen-bond donors (Lipinski definition) is 1. The van der Waals surface area contributed by atoms with Crippen molar-refractivity contribution >= 4 is 29.4 Å². The first kappa shape index (κ1) is 26.2. The number of imidazole rings is 1. The highest BCUT2D eigenvalue weighted by molar-refractivity contribution is 6.30. The third kappa shape index (κ3) is 6.66. The van der Waals surface area contributed by atoms with Crippen LogP contribution in [-0.2, 0) is 4.79 Å². The highest BCUT2D eigenvalue weighted by Gasteiger charge is 2.22. The Hall–Kier alpha value is -3.90. The maximum absolute atomic E-state index is 13.2. The Kier molecular flexibility index (Phi) is 8.09. The number of anilines is 1. The van der Waals surface area contributed by atoms with Crippen molar-refractivity contribution < 1.29 is 9.59 Å². The SMILES string of the molecule is Cc1ccc(-c2cn(-c3ccc(C)cc3)c(NC(=O)CN(CC(C)C)C(=O)c3ccc(Cl)cc3)n2)cc1. The minimum atomic E-state index is -0.322. The molecule has 0 aliphatic rings. The van der Waals surface area contributed by atoms with Gasteiger partial charge in [0.2, 0.25) is 11.9 Å². The normalized spacial score (nSPS) is 11.0. The molecule has 1 N–H and O–H groups in total. The standard InChI is InChI=1S/C30H31ClN4O2/c1-20(2)17-34(29(37)24-11-13-25(31)14-12-24)19-28(36)33-30-32-27(23-9-5-21(3)6-10-23)18-35(30)26-15-7-22(4)8-16-26/h5-16,18,20H,17,19H2,1-4H3,(H,32,33,36). The Morgan fingerprint density at radius 3 is 2.11 bits per heavy atom. The average Bonchev–Trinajstić information content (AvgIpc) is 3.27. The molecule has 37 heavy (non-hydrogen) atoms. The third-order valence-corrected chi connectivity index (χ3v) is 6.17. The summed E-state index contributed by atoms with van der Waals surface area (Å²) in [5, 5.41) is 3.50. The fourth-order valence-corrected chi connectivity index (χ4v) is 4.13. The van der Waals surface area contributed by atoms with E-state index in [0.717, 1.165) is 28.1 Å². The third-order valence-electron chi connectivity index (χ3n) is 5.92. The number of halogens is 1. The van der Waals surface area contributed by atoms with Gasteiger partial charge in [0.05, 0.1) is 5.69 Å². The number of hydrogen-bond acceptors (Lipinski definition) is 3. The van der Waals surface area contributed by atoms with Gasteiger partial charge in [-0.25, -0.2) is 4.98 Å². The van der Waals surface area contributed by atoms with E-state index in [1.807, 2.05) is 87.0 Å². The van der Waals surface area contributed by atoms with Crippen molar-refractivity contribution in [3.63, 3.8) is 0 Å². The lowest BCUT2D eigenvalue weighted by Crippen LogP contribution is -2.40. The zero-order valence-electron chi connectivity index (χ0n) is 21.5. The minimum absolute atomic E-state index is 0.0970. The van der Waals surface area contributed by atoms with Gasteiger partial charge in [-0.3, -0.25) is 19.5 Å². The molecule has 0 unspecified atom stereocenters. The second-order valence-electron chi connectivity index (χ2n) is 9.66. The zero-order valence-corrected chi connectivity index (χ0v) is 22.3. The van der Waals surface area contributed by atoms with Gasteiger partial charge in [0.25, 0.3) is 5.91 Å². The summed E-state index contributed by atoms with van der Waals surface area (Å²) >= 11 is 5.98. The fraction of sp³-hybridized carbons (Fsp3) is 0.233. The number of amides is 2. The molecule has 0 aliphatic carbocycles. The molecule has 1 aromatic heterocycles. The molecule has 6 nitrogen and oxygen atoms in total. The predicted octanol–water partition coefficient (Wildman–Crippen LogP) is 6.55. The van der Waals surface area contributed by atoms with E-state index in [1.165, 1.54) is 0 Å². The van der Waals surface area contributed by atoms with Crippen LogP contribution >= 0.6 is 11.6 Å². The Morgan fingerprint density at radius 1 is 0.919 bits per heavy atom. The van der Waals surface area contributed by atoms with E-state index in [-0.39, 0.29) is 24.3 Å². The van der Waals surface area contributed by atoms with Crippen molar-refractivity contribution in [2.24, 2.45) is 5.92 Å².